The molecule has 1 aromatic carbocycles. The van der Waals surface area contributed by atoms with Gasteiger partial charge in [0.25, 0.3) is 0 Å². The van der Waals surface area contributed by atoms with Crippen molar-refractivity contribution in [2.24, 2.45) is 0 Å². The van der Waals surface area contributed by atoms with Crippen molar-refractivity contribution in [3.05, 3.63) is 41.5 Å². The minimum Gasteiger partial charge on any atom is -0.336 e. The van der Waals surface area contributed by atoms with Crippen LogP contribution in [0, 0.1) is 0 Å². The maximum absolute atomic E-state index is 12.2. The van der Waals surface area contributed by atoms with Crippen molar-refractivity contribution < 1.29 is 14.4 Å². The van der Waals surface area contributed by atoms with Gasteiger partial charge in [-0.05, 0) is 38.1 Å². The summed E-state index contributed by atoms with van der Waals surface area (Å²) >= 11 is 0. The molecule has 0 unspecified atom stereocenters. The van der Waals surface area contributed by atoms with E-state index < -0.39 is 0 Å². The van der Waals surface area contributed by atoms with Crippen LogP contribution in [0.4, 0.5) is 5.69 Å². The van der Waals surface area contributed by atoms with Crippen LogP contribution in [0.25, 0.3) is 0 Å². The minimum absolute atomic E-state index is 0.0276. The minimum atomic E-state index is -0.360. The number of Topliss-reactive ketones (excluding diaryl/α,β-unsaturated/α-hetero) is 1. The lowest BCUT2D eigenvalue weighted by Crippen LogP contribution is -2.46. The fraction of sp³-hybridized carbons (Fsp3) is 0.353. The van der Waals surface area contributed by atoms with Gasteiger partial charge in [-0.15, -0.1) is 0 Å². The average Bonchev–Trinajstić information content (AvgIpc) is 2.55. The number of rotatable bonds is 4. The molecule has 2 N–H and O–H groups in total. The first kappa shape index (κ1) is 16.9. The molecule has 0 aliphatic carbocycles. The Balaban J connectivity index is 1.96. The van der Waals surface area contributed by atoms with Gasteiger partial charge in [-0.25, -0.2) is 0 Å². The molecule has 2 amide bonds. The van der Waals surface area contributed by atoms with Crippen LogP contribution in [-0.2, 0) is 9.59 Å². The Bertz CT molecular complexity index is 629. The van der Waals surface area contributed by atoms with E-state index in [1.54, 1.807) is 36.1 Å². The van der Waals surface area contributed by atoms with Crippen LogP contribution in [0.3, 0.4) is 0 Å². The van der Waals surface area contributed by atoms with Crippen LogP contribution in [-0.4, -0.2) is 48.7 Å². The van der Waals surface area contributed by atoms with E-state index in [1.165, 1.54) is 13.0 Å². The lowest BCUT2D eigenvalue weighted by Gasteiger charge is -2.27. The van der Waals surface area contributed by atoms with E-state index in [-0.39, 0.29) is 17.6 Å². The van der Waals surface area contributed by atoms with Gasteiger partial charge in [0.15, 0.2) is 5.78 Å². The third kappa shape index (κ3) is 4.75. The van der Waals surface area contributed by atoms with E-state index >= 15 is 0 Å². The Morgan fingerprint density at radius 2 is 1.70 bits per heavy atom. The molecule has 122 valence electrons. The summed E-state index contributed by atoms with van der Waals surface area (Å²) in [7, 11) is 0. The van der Waals surface area contributed by atoms with Crippen molar-refractivity contribution >= 4 is 23.3 Å². The van der Waals surface area contributed by atoms with Gasteiger partial charge in [0.05, 0.1) is 0 Å². The highest BCUT2D eigenvalue weighted by Gasteiger charge is 2.18. The van der Waals surface area contributed by atoms with Gasteiger partial charge >= 0.3 is 0 Å². The van der Waals surface area contributed by atoms with Crippen LogP contribution in [0.15, 0.2) is 35.9 Å². The second kappa shape index (κ2) is 7.69. The van der Waals surface area contributed by atoms with Gasteiger partial charge in [0, 0.05) is 49.1 Å². The molecule has 1 aliphatic heterocycles. The van der Waals surface area contributed by atoms with E-state index in [9.17, 15) is 14.4 Å². The third-order valence-electron chi connectivity index (χ3n) is 3.65. The Morgan fingerprint density at radius 3 is 2.26 bits per heavy atom. The summed E-state index contributed by atoms with van der Waals surface area (Å²) in [5.41, 5.74) is 1.58. The van der Waals surface area contributed by atoms with Crippen LogP contribution < -0.4 is 10.6 Å². The number of nitrogens with one attached hydrogen (secondary N) is 2. The standard InChI is InChI=1S/C17H21N3O3/c1-12(17(23)20-9-7-18-8-10-20)11-16(22)19-15-5-3-14(4-6-15)13(2)21/h3-6,11,18H,7-10H2,1-2H3,(H,19,22)/b12-11-. The maximum Gasteiger partial charge on any atom is 0.249 e. The third-order valence-corrected chi connectivity index (χ3v) is 3.65. The van der Waals surface area contributed by atoms with Crippen molar-refractivity contribution in [3.8, 4) is 0 Å². The van der Waals surface area contributed by atoms with Crippen molar-refractivity contribution in [1.82, 2.24) is 10.2 Å². The van der Waals surface area contributed by atoms with Crippen LogP contribution in [0.1, 0.15) is 24.2 Å². The predicted molar refractivity (Wildman–Crippen MR) is 88.3 cm³/mol. The van der Waals surface area contributed by atoms with Gasteiger partial charge < -0.3 is 15.5 Å². The summed E-state index contributed by atoms with van der Waals surface area (Å²) in [6.07, 6.45) is 1.31. The summed E-state index contributed by atoms with van der Waals surface area (Å²) in [6, 6.07) is 6.63. The smallest absolute Gasteiger partial charge is 0.249 e. The molecule has 0 radical (unpaired) electrons. The zero-order valence-electron chi connectivity index (χ0n) is 13.4. The summed E-state index contributed by atoms with van der Waals surface area (Å²) in [5.74, 6) is -0.504. The molecule has 0 saturated carbocycles. The first-order valence-electron chi connectivity index (χ1n) is 7.57. The largest absolute Gasteiger partial charge is 0.336 e. The van der Waals surface area contributed by atoms with Gasteiger partial charge in [-0.1, -0.05) is 0 Å². The number of ketones is 1. The molecule has 2 rings (SSSR count). The summed E-state index contributed by atoms with van der Waals surface area (Å²) in [4.78, 5) is 37.1. The number of piperazine rings is 1. The van der Waals surface area contributed by atoms with E-state index in [0.29, 0.717) is 29.9 Å². The van der Waals surface area contributed by atoms with E-state index in [2.05, 4.69) is 10.6 Å². The Morgan fingerprint density at radius 1 is 1.09 bits per heavy atom. The van der Waals surface area contributed by atoms with Crippen molar-refractivity contribution in [3.63, 3.8) is 0 Å². The number of carbonyl (C=O) groups is 3. The van der Waals surface area contributed by atoms with Crippen molar-refractivity contribution in [2.75, 3.05) is 31.5 Å². The van der Waals surface area contributed by atoms with Crippen LogP contribution >= 0.6 is 0 Å². The molecule has 0 atom stereocenters. The second-order valence-electron chi connectivity index (χ2n) is 5.49. The quantitative estimate of drug-likeness (QED) is 0.646. The summed E-state index contributed by atoms with van der Waals surface area (Å²) in [6.45, 7) is 5.97. The first-order valence-corrected chi connectivity index (χ1v) is 7.57. The molecule has 6 nitrogen and oxygen atoms in total. The number of hydrogen-bond acceptors (Lipinski definition) is 4. The zero-order chi connectivity index (χ0) is 16.8. The predicted octanol–water partition coefficient (Wildman–Crippen LogP) is 1.21. The molecule has 1 saturated heterocycles. The number of nitrogens with zero attached hydrogens (tertiary/aromatic N) is 1. The normalized spacial score (nSPS) is 15.2. The number of carbonyl (C=O) groups excluding carboxylic acids is 3. The molecular weight excluding hydrogens is 294 g/mol. The molecule has 1 fully saturated rings. The van der Waals surface area contributed by atoms with E-state index in [1.807, 2.05) is 0 Å². The van der Waals surface area contributed by atoms with E-state index in [4.69, 9.17) is 0 Å². The maximum atomic E-state index is 12.2. The van der Waals surface area contributed by atoms with E-state index in [0.717, 1.165) is 13.1 Å². The second-order valence-corrected chi connectivity index (χ2v) is 5.49. The van der Waals surface area contributed by atoms with Crippen molar-refractivity contribution in [1.29, 1.82) is 0 Å². The Hall–Kier alpha value is -2.47. The molecule has 1 aromatic rings. The monoisotopic (exact) mass is 315 g/mol. The average molecular weight is 315 g/mol. The zero-order valence-corrected chi connectivity index (χ0v) is 13.4. The van der Waals surface area contributed by atoms with Gasteiger partial charge in [-0.2, -0.15) is 0 Å². The molecule has 0 bridgehead atoms. The summed E-state index contributed by atoms with van der Waals surface area (Å²) in [5, 5.41) is 5.86. The Kier molecular flexibility index (Phi) is 5.65. The number of hydrogen-bond donors (Lipinski definition) is 2. The fourth-order valence-electron chi connectivity index (χ4n) is 2.34. The lowest BCUT2D eigenvalue weighted by molar-refractivity contribution is -0.128. The first-order chi connectivity index (χ1) is 11.0. The number of amides is 2. The molecule has 0 aromatic heterocycles. The number of benzene rings is 1. The van der Waals surface area contributed by atoms with Gasteiger partial charge in [-0.3, -0.25) is 14.4 Å². The SMILES string of the molecule is CC(=O)c1ccc(NC(=O)/C=C(/C)C(=O)N2CCNCC2)cc1. The van der Waals surface area contributed by atoms with Gasteiger partial charge in [0.1, 0.15) is 0 Å². The lowest BCUT2D eigenvalue weighted by atomic mass is 10.1. The molecule has 1 heterocycles. The highest BCUT2D eigenvalue weighted by Crippen LogP contribution is 2.11. The highest BCUT2D eigenvalue weighted by molar-refractivity contribution is 6.06. The topological polar surface area (TPSA) is 78.5 Å². The van der Waals surface area contributed by atoms with Crippen molar-refractivity contribution in [2.45, 2.75) is 13.8 Å². The molecule has 0 spiro atoms. The van der Waals surface area contributed by atoms with Crippen LogP contribution in [0.5, 0.6) is 0 Å². The molecular formula is C17H21N3O3. The highest BCUT2D eigenvalue weighted by atomic mass is 16.2. The molecule has 6 heteroatoms. The molecule has 23 heavy (non-hydrogen) atoms. The molecule has 1 aliphatic rings. The summed E-state index contributed by atoms with van der Waals surface area (Å²) < 4.78 is 0. The number of anilines is 1. The van der Waals surface area contributed by atoms with Gasteiger partial charge in [0.2, 0.25) is 11.8 Å². The van der Waals surface area contributed by atoms with Crippen LogP contribution in [0.2, 0.25) is 0 Å². The fourth-order valence-corrected chi connectivity index (χ4v) is 2.34. The Labute approximate surface area is 135 Å².